The molecule has 0 N–H and O–H groups in total. The first-order valence-corrected chi connectivity index (χ1v) is 12.2. The van der Waals surface area contributed by atoms with Crippen molar-refractivity contribution in [3.05, 3.63) is 100 Å². The van der Waals surface area contributed by atoms with E-state index in [-0.39, 0.29) is 5.56 Å². The van der Waals surface area contributed by atoms with Crippen molar-refractivity contribution in [2.75, 3.05) is 0 Å². The summed E-state index contributed by atoms with van der Waals surface area (Å²) in [6.45, 7) is 0.353. The number of fused-ring (bicyclic) bond motifs is 1. The number of alkyl halides is 2. The smallest absolute Gasteiger partial charge is 0.283 e. The van der Waals surface area contributed by atoms with Gasteiger partial charge in [-0.2, -0.15) is 8.78 Å². The van der Waals surface area contributed by atoms with E-state index in [2.05, 4.69) is 4.98 Å². The number of thioether (sulfide) groups is 1. The summed E-state index contributed by atoms with van der Waals surface area (Å²) in [4.78, 5) is 17.4. The second-order valence-electron chi connectivity index (χ2n) is 7.03. The first-order valence-electron chi connectivity index (χ1n) is 9.63. The zero-order chi connectivity index (χ0) is 22.7. The van der Waals surface area contributed by atoms with Crippen LogP contribution in [0, 0.1) is 0 Å². The van der Waals surface area contributed by atoms with Crippen LogP contribution in [0.1, 0.15) is 11.1 Å². The van der Waals surface area contributed by atoms with Crippen LogP contribution in [0.5, 0.6) is 0 Å². The van der Waals surface area contributed by atoms with E-state index in [9.17, 15) is 22.0 Å². The molecule has 0 bridgehead atoms. The lowest BCUT2D eigenvalue weighted by molar-refractivity contribution is 0.234. The highest BCUT2D eigenvalue weighted by molar-refractivity contribution is 7.98. The fourth-order valence-electron chi connectivity index (χ4n) is 3.19. The lowest BCUT2D eigenvalue weighted by Gasteiger charge is -2.13. The van der Waals surface area contributed by atoms with Crippen LogP contribution >= 0.6 is 11.8 Å². The SMILES string of the molecule is O=c1c2ccccc2nc(SCc2ccc(S(=O)(=O)C(F)F)cc2)n1Cc1ccccc1. The molecule has 0 atom stereocenters. The molecule has 4 rings (SSSR count). The summed E-state index contributed by atoms with van der Waals surface area (Å²) in [6.07, 6.45) is 0. The molecule has 4 aromatic rings. The van der Waals surface area contributed by atoms with Crippen molar-refractivity contribution in [1.29, 1.82) is 0 Å². The van der Waals surface area contributed by atoms with Gasteiger partial charge in [-0.15, -0.1) is 0 Å². The largest absolute Gasteiger partial charge is 0.341 e. The summed E-state index contributed by atoms with van der Waals surface area (Å²) in [7, 11) is -4.63. The maximum Gasteiger partial charge on any atom is 0.341 e. The molecule has 32 heavy (non-hydrogen) atoms. The Morgan fingerprint density at radius 1 is 0.875 bits per heavy atom. The summed E-state index contributed by atoms with van der Waals surface area (Å²) in [5.41, 5.74) is 2.11. The highest BCUT2D eigenvalue weighted by Crippen LogP contribution is 2.25. The molecule has 3 aromatic carbocycles. The second kappa shape index (κ2) is 9.22. The summed E-state index contributed by atoms with van der Waals surface area (Å²) in [5, 5.41) is 1.04. The molecule has 0 radical (unpaired) electrons. The van der Waals surface area contributed by atoms with Crippen LogP contribution < -0.4 is 5.56 Å². The molecule has 1 heterocycles. The quantitative estimate of drug-likeness (QED) is 0.287. The van der Waals surface area contributed by atoms with Gasteiger partial charge >= 0.3 is 5.76 Å². The fraction of sp³-hybridized carbons (Fsp3) is 0.130. The number of halogens is 2. The number of hydrogen-bond acceptors (Lipinski definition) is 5. The first kappa shape index (κ1) is 22.2. The third kappa shape index (κ3) is 4.58. The number of rotatable bonds is 7. The number of benzene rings is 3. The Balaban J connectivity index is 1.65. The molecule has 0 unspecified atom stereocenters. The van der Waals surface area contributed by atoms with Crippen LogP contribution in [-0.2, 0) is 22.1 Å². The monoisotopic (exact) mass is 472 g/mol. The Labute approximate surface area is 187 Å². The Hall–Kier alpha value is -3.04. The van der Waals surface area contributed by atoms with Gasteiger partial charge in [0, 0.05) is 5.75 Å². The summed E-state index contributed by atoms with van der Waals surface area (Å²) in [5.74, 6) is -3.08. The van der Waals surface area contributed by atoms with Crippen LogP contribution in [0.3, 0.4) is 0 Å². The number of hydrogen-bond donors (Lipinski definition) is 0. The first-order chi connectivity index (χ1) is 15.4. The van der Waals surface area contributed by atoms with Gasteiger partial charge in [-0.25, -0.2) is 13.4 Å². The van der Waals surface area contributed by atoms with Crippen molar-refractivity contribution in [2.24, 2.45) is 0 Å². The van der Waals surface area contributed by atoms with Crippen LogP contribution in [-0.4, -0.2) is 23.7 Å². The van der Waals surface area contributed by atoms with Crippen molar-refractivity contribution in [2.45, 2.75) is 28.1 Å². The molecule has 0 amide bonds. The van der Waals surface area contributed by atoms with Gasteiger partial charge in [0.2, 0.25) is 9.84 Å². The van der Waals surface area contributed by atoms with E-state index in [1.807, 2.05) is 36.4 Å². The molecule has 5 nitrogen and oxygen atoms in total. The molecule has 0 spiro atoms. The van der Waals surface area contributed by atoms with Crippen LogP contribution in [0.25, 0.3) is 10.9 Å². The minimum absolute atomic E-state index is 0.152. The minimum Gasteiger partial charge on any atom is -0.283 e. The Morgan fingerprint density at radius 2 is 1.53 bits per heavy atom. The number of sulfone groups is 1. The average Bonchev–Trinajstić information content (AvgIpc) is 2.80. The van der Waals surface area contributed by atoms with Crippen molar-refractivity contribution in [1.82, 2.24) is 9.55 Å². The van der Waals surface area contributed by atoms with Crippen molar-refractivity contribution in [3.63, 3.8) is 0 Å². The predicted molar refractivity (Wildman–Crippen MR) is 121 cm³/mol. The molecule has 0 aliphatic carbocycles. The standard InChI is InChI=1S/C23H18F2N2O3S2/c24-22(25)32(29,30)18-12-10-17(11-13-18)15-31-23-26-20-9-5-4-8-19(20)21(28)27(23)14-16-6-2-1-3-7-16/h1-13,22H,14-15H2. The zero-order valence-corrected chi connectivity index (χ0v) is 18.3. The molecule has 9 heteroatoms. The lowest BCUT2D eigenvalue weighted by Crippen LogP contribution is -2.24. The van der Waals surface area contributed by atoms with E-state index >= 15 is 0 Å². The number of para-hydroxylation sites is 1. The summed E-state index contributed by atoms with van der Waals surface area (Å²) in [6, 6.07) is 22.0. The minimum atomic E-state index is -4.63. The van der Waals surface area contributed by atoms with Gasteiger partial charge in [-0.3, -0.25) is 9.36 Å². The Morgan fingerprint density at radius 3 is 2.22 bits per heavy atom. The van der Waals surface area contributed by atoms with Gasteiger partial charge in [-0.05, 0) is 35.4 Å². The molecule has 0 fully saturated rings. The second-order valence-corrected chi connectivity index (χ2v) is 9.89. The molecule has 0 aliphatic heterocycles. The lowest BCUT2D eigenvalue weighted by atomic mass is 10.2. The zero-order valence-electron chi connectivity index (χ0n) is 16.7. The third-order valence-corrected chi connectivity index (χ3v) is 7.31. The van der Waals surface area contributed by atoms with Gasteiger partial charge in [0.1, 0.15) is 0 Å². The molecule has 0 aliphatic rings. The van der Waals surface area contributed by atoms with E-state index in [0.29, 0.717) is 28.4 Å². The maximum absolute atomic E-state index is 13.2. The molecule has 0 saturated carbocycles. The molecule has 164 valence electrons. The topological polar surface area (TPSA) is 69.0 Å². The highest BCUT2D eigenvalue weighted by Gasteiger charge is 2.26. The van der Waals surface area contributed by atoms with E-state index in [4.69, 9.17) is 0 Å². The van der Waals surface area contributed by atoms with Gasteiger partial charge in [0.25, 0.3) is 5.56 Å². The van der Waals surface area contributed by atoms with Crippen molar-refractivity contribution < 1.29 is 17.2 Å². The Bertz CT molecular complexity index is 1410. The van der Waals surface area contributed by atoms with Gasteiger partial charge in [-0.1, -0.05) is 66.4 Å². The molecular formula is C23H18F2N2O3S2. The van der Waals surface area contributed by atoms with Gasteiger partial charge in [0.15, 0.2) is 5.16 Å². The van der Waals surface area contributed by atoms with Gasteiger partial charge in [0.05, 0.1) is 22.3 Å². The fourth-order valence-corrected chi connectivity index (χ4v) is 4.86. The summed E-state index contributed by atoms with van der Waals surface area (Å²) < 4.78 is 50.3. The molecule has 0 saturated heterocycles. The van der Waals surface area contributed by atoms with Crippen LogP contribution in [0.15, 0.2) is 93.7 Å². The van der Waals surface area contributed by atoms with Crippen LogP contribution in [0.4, 0.5) is 8.78 Å². The van der Waals surface area contributed by atoms with Crippen molar-refractivity contribution >= 4 is 32.5 Å². The average molecular weight is 473 g/mol. The van der Waals surface area contributed by atoms with E-state index in [1.165, 1.54) is 36.0 Å². The van der Waals surface area contributed by atoms with E-state index < -0.39 is 20.5 Å². The van der Waals surface area contributed by atoms with Crippen molar-refractivity contribution in [3.8, 4) is 0 Å². The number of aromatic nitrogens is 2. The van der Waals surface area contributed by atoms with Crippen LogP contribution in [0.2, 0.25) is 0 Å². The normalized spacial score (nSPS) is 11.8. The molecule has 1 aromatic heterocycles. The third-order valence-electron chi connectivity index (χ3n) is 4.86. The Kier molecular flexibility index (Phi) is 6.38. The van der Waals surface area contributed by atoms with Gasteiger partial charge < -0.3 is 0 Å². The van der Waals surface area contributed by atoms with E-state index in [1.54, 1.807) is 22.8 Å². The maximum atomic E-state index is 13.2. The van der Waals surface area contributed by atoms with E-state index in [0.717, 1.165) is 11.1 Å². The number of nitrogens with zero attached hydrogens (tertiary/aromatic N) is 2. The molecular weight excluding hydrogens is 454 g/mol. The predicted octanol–water partition coefficient (Wildman–Crippen LogP) is 4.73. The summed E-state index contributed by atoms with van der Waals surface area (Å²) >= 11 is 1.32. The highest BCUT2D eigenvalue weighted by atomic mass is 32.2.